The van der Waals surface area contributed by atoms with E-state index < -0.39 is 5.82 Å². The Morgan fingerprint density at radius 3 is 2.79 bits per heavy atom. The van der Waals surface area contributed by atoms with Gasteiger partial charge in [0.15, 0.2) is 0 Å². The number of benzene rings is 2. The van der Waals surface area contributed by atoms with Gasteiger partial charge in [0, 0.05) is 10.0 Å². The summed E-state index contributed by atoms with van der Waals surface area (Å²) in [6, 6.07) is 8.28. The summed E-state index contributed by atoms with van der Waals surface area (Å²) in [5.41, 5.74) is 7.91. The Balaban J connectivity index is 2.22. The molecule has 0 aliphatic heterocycles. The molecule has 0 unspecified atom stereocenters. The normalized spacial score (nSPS) is 10.5. The monoisotopic (exact) mass is 343 g/mol. The van der Waals surface area contributed by atoms with E-state index in [0.29, 0.717) is 17.0 Å². The lowest BCUT2D eigenvalue weighted by atomic mass is 10.2. The predicted molar refractivity (Wildman–Crippen MR) is 79.0 cm³/mol. The second kappa shape index (κ2) is 5.80. The van der Waals surface area contributed by atoms with E-state index in [1.54, 1.807) is 18.2 Å². The zero-order valence-corrected chi connectivity index (χ0v) is 12.6. The zero-order valence-electron chi connectivity index (χ0n) is 10.2. The van der Waals surface area contributed by atoms with E-state index in [1.807, 2.05) is 13.0 Å². The van der Waals surface area contributed by atoms with E-state index in [-0.39, 0.29) is 11.6 Å². The first-order valence-electron chi connectivity index (χ1n) is 5.60. The van der Waals surface area contributed by atoms with Crippen LogP contribution in [0.4, 0.5) is 10.1 Å². The third-order valence-corrected chi connectivity index (χ3v) is 3.55. The second-order valence-electron chi connectivity index (χ2n) is 4.14. The van der Waals surface area contributed by atoms with Crippen molar-refractivity contribution < 1.29 is 9.13 Å². The number of ether oxygens (including phenoxy) is 1. The zero-order chi connectivity index (χ0) is 14.0. The fourth-order valence-corrected chi connectivity index (χ4v) is 2.53. The number of anilines is 1. The molecule has 0 fully saturated rings. The molecule has 19 heavy (non-hydrogen) atoms. The van der Waals surface area contributed by atoms with E-state index in [0.717, 1.165) is 10.0 Å². The van der Waals surface area contributed by atoms with Crippen molar-refractivity contribution >= 4 is 33.2 Å². The van der Waals surface area contributed by atoms with E-state index in [9.17, 15) is 4.39 Å². The largest absolute Gasteiger partial charge is 0.486 e. The molecule has 0 spiro atoms. The van der Waals surface area contributed by atoms with E-state index in [1.165, 1.54) is 6.07 Å². The lowest BCUT2D eigenvalue weighted by molar-refractivity contribution is 0.305. The maximum absolute atomic E-state index is 13.3. The van der Waals surface area contributed by atoms with Gasteiger partial charge in [0.25, 0.3) is 0 Å². The number of hydrogen-bond donors (Lipinski definition) is 1. The highest BCUT2D eigenvalue weighted by Gasteiger charge is 2.10. The molecule has 100 valence electrons. The Morgan fingerprint density at radius 2 is 2.11 bits per heavy atom. The van der Waals surface area contributed by atoms with Gasteiger partial charge in [-0.2, -0.15) is 0 Å². The molecule has 2 rings (SSSR count). The predicted octanol–water partition coefficient (Wildman–Crippen LogP) is 4.71. The number of nitrogens with two attached hydrogens (primary N) is 1. The van der Waals surface area contributed by atoms with Crippen LogP contribution in [0, 0.1) is 12.7 Å². The van der Waals surface area contributed by atoms with E-state index >= 15 is 0 Å². The third-order valence-electron chi connectivity index (χ3n) is 2.67. The van der Waals surface area contributed by atoms with Gasteiger partial charge in [-0.15, -0.1) is 0 Å². The molecule has 0 saturated carbocycles. The molecular weight excluding hydrogens is 333 g/mol. The molecule has 2 nitrogen and oxygen atoms in total. The smallest absolute Gasteiger partial charge is 0.145 e. The highest BCUT2D eigenvalue weighted by atomic mass is 79.9. The second-order valence-corrected chi connectivity index (χ2v) is 5.44. The van der Waals surface area contributed by atoms with Crippen LogP contribution in [0.1, 0.15) is 11.1 Å². The highest BCUT2D eigenvalue weighted by Crippen LogP contribution is 2.31. The first-order chi connectivity index (χ1) is 8.99. The van der Waals surface area contributed by atoms with Gasteiger partial charge in [-0.3, -0.25) is 0 Å². The molecule has 0 heterocycles. The van der Waals surface area contributed by atoms with Gasteiger partial charge in [-0.1, -0.05) is 39.7 Å². The minimum Gasteiger partial charge on any atom is -0.486 e. The van der Waals surface area contributed by atoms with Crippen LogP contribution in [0.3, 0.4) is 0 Å². The van der Waals surface area contributed by atoms with Crippen LogP contribution in [0.5, 0.6) is 5.75 Å². The van der Waals surface area contributed by atoms with Crippen LogP contribution in [0.25, 0.3) is 0 Å². The van der Waals surface area contributed by atoms with Crippen molar-refractivity contribution in [1.29, 1.82) is 0 Å². The molecule has 0 saturated heterocycles. The lowest BCUT2D eigenvalue weighted by Gasteiger charge is -2.13. The molecule has 0 amide bonds. The Hall–Kier alpha value is -1.26. The number of aryl methyl sites for hydroxylation is 1. The van der Waals surface area contributed by atoms with Gasteiger partial charge in [0.1, 0.15) is 18.2 Å². The minimum absolute atomic E-state index is 0.0795. The van der Waals surface area contributed by atoms with Crippen molar-refractivity contribution in [2.45, 2.75) is 13.5 Å². The SMILES string of the molecule is Cc1cc(Br)cc(N)c1OCc1cccc(F)c1Cl. The molecule has 2 N–H and O–H groups in total. The average Bonchev–Trinajstić information content (AvgIpc) is 2.33. The number of rotatable bonds is 3. The van der Waals surface area contributed by atoms with Gasteiger partial charge in [-0.25, -0.2) is 4.39 Å². The van der Waals surface area contributed by atoms with Gasteiger partial charge < -0.3 is 10.5 Å². The number of halogens is 3. The standard InChI is InChI=1S/C14H12BrClFNO/c1-8-5-10(15)6-12(18)14(8)19-7-9-3-2-4-11(17)13(9)16/h2-6H,7,18H2,1H3. The van der Waals surface area contributed by atoms with Crippen LogP contribution < -0.4 is 10.5 Å². The van der Waals surface area contributed by atoms with Crippen molar-refractivity contribution in [3.8, 4) is 5.75 Å². The molecule has 0 aromatic heterocycles. The summed E-state index contributed by atoms with van der Waals surface area (Å²) in [7, 11) is 0. The summed E-state index contributed by atoms with van der Waals surface area (Å²) >= 11 is 9.23. The summed E-state index contributed by atoms with van der Waals surface area (Å²) in [6.45, 7) is 2.06. The number of hydrogen-bond acceptors (Lipinski definition) is 2. The van der Waals surface area contributed by atoms with Crippen molar-refractivity contribution in [1.82, 2.24) is 0 Å². The quantitative estimate of drug-likeness (QED) is 0.818. The Labute approximate surface area is 124 Å². The Bertz CT molecular complexity index is 595. The maximum Gasteiger partial charge on any atom is 0.145 e. The summed E-state index contributed by atoms with van der Waals surface area (Å²) in [5, 5.41) is 0.0795. The molecule has 0 radical (unpaired) electrons. The lowest BCUT2D eigenvalue weighted by Crippen LogP contribution is -2.02. The minimum atomic E-state index is -0.455. The van der Waals surface area contributed by atoms with Crippen molar-refractivity contribution in [3.05, 3.63) is 56.8 Å². The molecule has 2 aromatic carbocycles. The summed E-state index contributed by atoms with van der Waals surface area (Å²) in [4.78, 5) is 0. The van der Waals surface area contributed by atoms with E-state index in [4.69, 9.17) is 22.1 Å². The van der Waals surface area contributed by atoms with Gasteiger partial charge in [0.05, 0.1) is 10.7 Å². The topological polar surface area (TPSA) is 35.2 Å². The molecule has 2 aromatic rings. The molecular formula is C14H12BrClFNO. The maximum atomic E-state index is 13.3. The molecule has 0 bridgehead atoms. The highest BCUT2D eigenvalue weighted by molar-refractivity contribution is 9.10. The Morgan fingerprint density at radius 1 is 1.37 bits per heavy atom. The van der Waals surface area contributed by atoms with Crippen LogP contribution in [-0.2, 0) is 6.61 Å². The first kappa shape index (κ1) is 14.2. The average molecular weight is 345 g/mol. The van der Waals surface area contributed by atoms with Gasteiger partial charge >= 0.3 is 0 Å². The fraction of sp³-hybridized carbons (Fsp3) is 0.143. The molecule has 0 aliphatic carbocycles. The molecule has 5 heteroatoms. The van der Waals surface area contributed by atoms with Crippen LogP contribution in [0.2, 0.25) is 5.02 Å². The van der Waals surface area contributed by atoms with E-state index in [2.05, 4.69) is 15.9 Å². The van der Waals surface area contributed by atoms with Crippen LogP contribution >= 0.6 is 27.5 Å². The van der Waals surface area contributed by atoms with Crippen LogP contribution in [0.15, 0.2) is 34.8 Å². The Kier molecular flexibility index (Phi) is 4.32. The molecule has 0 atom stereocenters. The van der Waals surface area contributed by atoms with Crippen molar-refractivity contribution in [2.75, 3.05) is 5.73 Å². The third kappa shape index (κ3) is 3.19. The van der Waals surface area contributed by atoms with Gasteiger partial charge in [0.2, 0.25) is 0 Å². The summed E-state index contributed by atoms with van der Waals surface area (Å²) in [5.74, 6) is 0.131. The van der Waals surface area contributed by atoms with Crippen molar-refractivity contribution in [3.63, 3.8) is 0 Å². The van der Waals surface area contributed by atoms with Crippen molar-refractivity contribution in [2.24, 2.45) is 0 Å². The summed E-state index contributed by atoms with van der Waals surface area (Å²) < 4.78 is 19.8. The van der Waals surface area contributed by atoms with Gasteiger partial charge in [-0.05, 0) is 30.7 Å². The fourth-order valence-electron chi connectivity index (χ4n) is 1.76. The van der Waals surface area contributed by atoms with Crippen LogP contribution in [-0.4, -0.2) is 0 Å². The molecule has 0 aliphatic rings. The number of nitrogen functional groups attached to an aromatic ring is 1. The summed E-state index contributed by atoms with van der Waals surface area (Å²) in [6.07, 6.45) is 0. The first-order valence-corrected chi connectivity index (χ1v) is 6.77.